The summed E-state index contributed by atoms with van der Waals surface area (Å²) in [6.07, 6.45) is 0. The van der Waals surface area contributed by atoms with E-state index < -0.39 is 41.1 Å². The minimum absolute atomic E-state index is 0.0182. The van der Waals surface area contributed by atoms with Crippen LogP contribution in [0.15, 0.2) is 41.2 Å². The van der Waals surface area contributed by atoms with Gasteiger partial charge in [-0.1, -0.05) is 12.1 Å². The Morgan fingerprint density at radius 3 is 2.30 bits per heavy atom. The summed E-state index contributed by atoms with van der Waals surface area (Å²) in [6.45, 7) is 4.89. The molecule has 9 nitrogen and oxygen atoms in total. The fourth-order valence-corrected chi connectivity index (χ4v) is 2.92. The Morgan fingerprint density at radius 2 is 1.73 bits per heavy atom. The molecule has 1 N–H and O–H groups in total. The molecule has 1 amide bonds. The van der Waals surface area contributed by atoms with Crippen LogP contribution in [0.2, 0.25) is 0 Å². The standard InChI is InChI=1S/C19H17F2N5O4/c1-10(2)24(12-8-7-11(3)13(9-12)17(27)28)18(29)26-19(30)25(22-23-26)16-14(20)5-4-6-15(16)21/h4-10H,1-3H3,(H,27,28). The molecule has 3 rings (SSSR count). The zero-order chi connectivity index (χ0) is 22.2. The molecule has 0 aliphatic carbocycles. The topological polar surface area (TPSA) is 110 Å². The second-order valence-electron chi connectivity index (χ2n) is 6.71. The number of aromatic nitrogens is 4. The van der Waals surface area contributed by atoms with Crippen molar-refractivity contribution in [3.8, 4) is 5.69 Å². The van der Waals surface area contributed by atoms with Crippen molar-refractivity contribution in [2.75, 3.05) is 4.90 Å². The third-order valence-corrected chi connectivity index (χ3v) is 4.36. The smallest absolute Gasteiger partial charge is 0.377 e. The average Bonchev–Trinajstić information content (AvgIpc) is 3.04. The number of hydrogen-bond donors (Lipinski definition) is 1. The summed E-state index contributed by atoms with van der Waals surface area (Å²) < 4.78 is 28.7. The summed E-state index contributed by atoms with van der Waals surface area (Å²) in [5.41, 5.74) is -1.27. The third-order valence-electron chi connectivity index (χ3n) is 4.36. The number of tetrazole rings is 1. The molecule has 0 saturated heterocycles. The lowest BCUT2D eigenvalue weighted by Gasteiger charge is -2.26. The van der Waals surface area contributed by atoms with Crippen LogP contribution < -0.4 is 10.6 Å². The molecule has 0 fully saturated rings. The Kier molecular flexibility index (Phi) is 5.45. The van der Waals surface area contributed by atoms with Crippen LogP contribution in [-0.2, 0) is 0 Å². The lowest BCUT2D eigenvalue weighted by atomic mass is 10.1. The van der Waals surface area contributed by atoms with E-state index >= 15 is 0 Å². The van der Waals surface area contributed by atoms with Crippen molar-refractivity contribution in [2.24, 2.45) is 0 Å². The Labute approximate surface area is 168 Å². The fraction of sp³-hybridized carbons (Fsp3) is 0.211. The molecule has 0 aliphatic rings. The van der Waals surface area contributed by atoms with Gasteiger partial charge >= 0.3 is 17.7 Å². The first-order valence-corrected chi connectivity index (χ1v) is 8.80. The van der Waals surface area contributed by atoms with Crippen molar-refractivity contribution >= 4 is 17.7 Å². The molecule has 0 radical (unpaired) electrons. The van der Waals surface area contributed by atoms with E-state index in [0.29, 0.717) is 14.9 Å². The zero-order valence-corrected chi connectivity index (χ0v) is 16.2. The number of halogens is 2. The first-order chi connectivity index (χ1) is 14.1. The second kappa shape index (κ2) is 7.85. The molecule has 1 aromatic heterocycles. The molecular weight excluding hydrogens is 400 g/mol. The normalized spacial score (nSPS) is 11.0. The summed E-state index contributed by atoms with van der Waals surface area (Å²) in [5.74, 6) is -3.28. The van der Waals surface area contributed by atoms with E-state index in [1.807, 2.05) is 0 Å². The Morgan fingerprint density at radius 1 is 1.10 bits per heavy atom. The number of carbonyl (C=O) groups is 2. The van der Waals surface area contributed by atoms with Gasteiger partial charge in [0.05, 0.1) is 5.56 Å². The van der Waals surface area contributed by atoms with Crippen LogP contribution in [0, 0.1) is 18.6 Å². The van der Waals surface area contributed by atoms with Crippen LogP contribution in [0.4, 0.5) is 19.3 Å². The number of carboxylic acid groups (broad SMARTS) is 1. The fourth-order valence-electron chi connectivity index (χ4n) is 2.92. The number of rotatable bonds is 4. The molecule has 0 saturated carbocycles. The molecule has 1 heterocycles. The van der Waals surface area contributed by atoms with Gasteiger partial charge in [0.2, 0.25) is 0 Å². The van der Waals surface area contributed by atoms with Gasteiger partial charge in [-0.15, -0.1) is 4.68 Å². The highest BCUT2D eigenvalue weighted by atomic mass is 19.1. The second-order valence-corrected chi connectivity index (χ2v) is 6.71. The van der Waals surface area contributed by atoms with Crippen molar-refractivity contribution in [1.82, 2.24) is 19.8 Å². The maximum atomic E-state index is 14.0. The SMILES string of the molecule is Cc1ccc(N(C(=O)n2nnn(-c3c(F)cccc3F)c2=O)C(C)C)cc1C(=O)O. The Hall–Kier alpha value is -3.89. The van der Waals surface area contributed by atoms with Crippen LogP contribution in [-0.4, -0.2) is 42.9 Å². The lowest BCUT2D eigenvalue weighted by molar-refractivity contribution is 0.0696. The summed E-state index contributed by atoms with van der Waals surface area (Å²) in [4.78, 5) is 38.2. The number of carbonyl (C=O) groups excluding carboxylic acids is 1. The van der Waals surface area contributed by atoms with Gasteiger partial charge in [0, 0.05) is 11.7 Å². The molecule has 0 unspecified atom stereocenters. The number of nitrogens with zero attached hydrogens (tertiary/aromatic N) is 5. The molecule has 30 heavy (non-hydrogen) atoms. The minimum Gasteiger partial charge on any atom is -0.478 e. The van der Waals surface area contributed by atoms with Gasteiger partial charge in [0.25, 0.3) is 0 Å². The van der Waals surface area contributed by atoms with Crippen LogP contribution >= 0.6 is 0 Å². The highest BCUT2D eigenvalue weighted by Gasteiger charge is 2.27. The summed E-state index contributed by atoms with van der Waals surface area (Å²) in [5, 5.41) is 16.2. The van der Waals surface area contributed by atoms with Crippen molar-refractivity contribution < 1.29 is 23.5 Å². The van der Waals surface area contributed by atoms with Crippen molar-refractivity contribution in [1.29, 1.82) is 0 Å². The predicted molar refractivity (Wildman–Crippen MR) is 102 cm³/mol. The number of para-hydroxylation sites is 1. The summed E-state index contributed by atoms with van der Waals surface area (Å²) in [7, 11) is 0. The van der Waals surface area contributed by atoms with Gasteiger partial charge in [-0.25, -0.2) is 23.2 Å². The van der Waals surface area contributed by atoms with Crippen molar-refractivity contribution in [3.63, 3.8) is 0 Å². The Bertz CT molecular complexity index is 1180. The van der Waals surface area contributed by atoms with Gasteiger partial charge in [0.1, 0.15) is 5.69 Å². The van der Waals surface area contributed by atoms with Crippen molar-refractivity contribution in [3.05, 3.63) is 69.6 Å². The quantitative estimate of drug-likeness (QED) is 0.654. The number of amides is 1. The Balaban J connectivity index is 2.09. The van der Waals surface area contributed by atoms with Gasteiger partial charge in [-0.05, 0) is 61.0 Å². The molecule has 0 spiro atoms. The number of anilines is 1. The molecule has 2 aromatic carbocycles. The maximum Gasteiger partial charge on any atom is 0.377 e. The van der Waals surface area contributed by atoms with Crippen LogP contribution in [0.3, 0.4) is 0 Å². The summed E-state index contributed by atoms with van der Waals surface area (Å²) in [6, 6.07) is 5.86. The van der Waals surface area contributed by atoms with E-state index in [0.717, 1.165) is 23.1 Å². The van der Waals surface area contributed by atoms with E-state index in [9.17, 15) is 28.3 Å². The molecular formula is C19H17F2N5O4. The van der Waals surface area contributed by atoms with E-state index in [1.165, 1.54) is 18.2 Å². The van der Waals surface area contributed by atoms with Gasteiger partial charge in [-0.3, -0.25) is 4.90 Å². The first kappa shape index (κ1) is 20.8. The van der Waals surface area contributed by atoms with Crippen molar-refractivity contribution in [2.45, 2.75) is 26.8 Å². The van der Waals surface area contributed by atoms with Crippen LogP contribution in [0.25, 0.3) is 5.69 Å². The number of aromatic carboxylic acids is 1. The van der Waals surface area contributed by atoms with E-state index in [4.69, 9.17) is 0 Å². The number of hydrogen-bond acceptors (Lipinski definition) is 5. The number of aryl methyl sites for hydroxylation is 1. The molecule has 11 heteroatoms. The zero-order valence-electron chi connectivity index (χ0n) is 16.2. The monoisotopic (exact) mass is 417 g/mol. The van der Waals surface area contributed by atoms with Crippen LogP contribution in [0.5, 0.6) is 0 Å². The molecule has 0 atom stereocenters. The molecule has 3 aromatic rings. The first-order valence-electron chi connectivity index (χ1n) is 8.80. The predicted octanol–water partition coefficient (Wildman–Crippen LogP) is 2.60. The molecule has 156 valence electrons. The van der Waals surface area contributed by atoms with E-state index in [-0.39, 0.29) is 11.3 Å². The molecule has 0 aliphatic heterocycles. The largest absolute Gasteiger partial charge is 0.478 e. The number of carboxylic acids is 1. The highest BCUT2D eigenvalue weighted by molar-refractivity contribution is 5.96. The van der Waals surface area contributed by atoms with Gasteiger partial charge in [0.15, 0.2) is 11.6 Å². The van der Waals surface area contributed by atoms with E-state index in [1.54, 1.807) is 20.8 Å². The van der Waals surface area contributed by atoms with Gasteiger partial charge < -0.3 is 5.11 Å². The highest BCUT2D eigenvalue weighted by Crippen LogP contribution is 2.22. The molecule has 0 bridgehead atoms. The minimum atomic E-state index is -1.18. The number of benzene rings is 2. The third kappa shape index (κ3) is 3.56. The maximum absolute atomic E-state index is 14.0. The van der Waals surface area contributed by atoms with E-state index in [2.05, 4.69) is 10.4 Å². The van der Waals surface area contributed by atoms with Gasteiger partial charge in [-0.2, -0.15) is 4.68 Å². The summed E-state index contributed by atoms with van der Waals surface area (Å²) >= 11 is 0. The van der Waals surface area contributed by atoms with Crippen LogP contribution in [0.1, 0.15) is 29.8 Å². The average molecular weight is 417 g/mol. The lowest BCUT2D eigenvalue weighted by Crippen LogP contribution is -2.44.